The van der Waals surface area contributed by atoms with Crippen molar-refractivity contribution in [1.29, 1.82) is 0 Å². The van der Waals surface area contributed by atoms with E-state index in [0.717, 1.165) is 11.1 Å². The van der Waals surface area contributed by atoms with Crippen LogP contribution < -0.4 is 0 Å². The van der Waals surface area contributed by atoms with Crippen LogP contribution in [0.1, 0.15) is 5.56 Å². The highest BCUT2D eigenvalue weighted by Crippen LogP contribution is 2.17. The van der Waals surface area contributed by atoms with Gasteiger partial charge in [-0.05, 0) is 30.8 Å². The molecule has 2 N–H and O–H groups in total. The lowest BCUT2D eigenvalue weighted by molar-refractivity contribution is 0.637. The van der Waals surface area contributed by atoms with E-state index >= 15 is 0 Å². The average molecular weight is 182 g/mol. The molecule has 2 nitrogen and oxygen atoms in total. The Hall–Kier alpha value is -1.16. The number of aromatic amines is 2. The van der Waals surface area contributed by atoms with Crippen molar-refractivity contribution < 1.29 is 4.39 Å². The van der Waals surface area contributed by atoms with Gasteiger partial charge < -0.3 is 9.97 Å². The van der Waals surface area contributed by atoms with Gasteiger partial charge in [0.05, 0.1) is 5.52 Å². The summed E-state index contributed by atoms with van der Waals surface area (Å²) in [4.78, 5) is 5.64. The quantitative estimate of drug-likeness (QED) is 0.603. The minimum absolute atomic E-state index is 0.275. The van der Waals surface area contributed by atoms with E-state index in [0.29, 0.717) is 10.3 Å². The third-order valence-corrected chi connectivity index (χ3v) is 2.04. The van der Waals surface area contributed by atoms with Crippen molar-refractivity contribution in [1.82, 2.24) is 9.97 Å². The Morgan fingerprint density at radius 1 is 1.25 bits per heavy atom. The molecule has 12 heavy (non-hydrogen) atoms. The Labute approximate surface area is 73.4 Å². The van der Waals surface area contributed by atoms with Gasteiger partial charge in [0.1, 0.15) is 11.3 Å². The summed E-state index contributed by atoms with van der Waals surface area (Å²) in [7, 11) is 0. The van der Waals surface area contributed by atoms with E-state index in [9.17, 15) is 4.39 Å². The van der Waals surface area contributed by atoms with Crippen LogP contribution in [0.3, 0.4) is 0 Å². The third kappa shape index (κ3) is 0.956. The highest BCUT2D eigenvalue weighted by atomic mass is 32.1. The molecule has 0 bridgehead atoms. The number of aryl methyl sites for hydroxylation is 1. The smallest absolute Gasteiger partial charge is 0.175 e. The molecule has 0 saturated heterocycles. The monoisotopic (exact) mass is 182 g/mol. The number of imidazole rings is 1. The number of H-pyrrole nitrogens is 2. The lowest BCUT2D eigenvalue weighted by Gasteiger charge is -1.94. The summed E-state index contributed by atoms with van der Waals surface area (Å²) in [6, 6.07) is 3.15. The van der Waals surface area contributed by atoms with E-state index in [1.807, 2.05) is 6.92 Å². The van der Waals surface area contributed by atoms with Gasteiger partial charge in [0, 0.05) is 0 Å². The largest absolute Gasteiger partial charge is 0.330 e. The molecule has 0 unspecified atom stereocenters. The molecule has 0 radical (unpaired) electrons. The molecule has 0 aliphatic rings. The van der Waals surface area contributed by atoms with Crippen LogP contribution >= 0.6 is 12.2 Å². The van der Waals surface area contributed by atoms with Gasteiger partial charge in [0.2, 0.25) is 0 Å². The van der Waals surface area contributed by atoms with Gasteiger partial charge in [-0.25, -0.2) is 4.39 Å². The molecule has 0 amide bonds. The van der Waals surface area contributed by atoms with Gasteiger partial charge in [-0.1, -0.05) is 6.07 Å². The Kier molecular flexibility index (Phi) is 1.51. The third-order valence-electron chi connectivity index (χ3n) is 1.84. The number of hydrogen-bond donors (Lipinski definition) is 2. The fourth-order valence-corrected chi connectivity index (χ4v) is 1.43. The van der Waals surface area contributed by atoms with Gasteiger partial charge in [0.15, 0.2) is 4.77 Å². The summed E-state index contributed by atoms with van der Waals surface area (Å²) in [5, 5.41) is 0. The molecular weight excluding hydrogens is 175 g/mol. The number of halogens is 1. The number of fused-ring (bicyclic) bond motifs is 1. The molecule has 0 fully saturated rings. The Morgan fingerprint density at radius 2 is 1.92 bits per heavy atom. The maximum absolute atomic E-state index is 13.1. The van der Waals surface area contributed by atoms with E-state index in [4.69, 9.17) is 12.2 Å². The lowest BCUT2D eigenvalue weighted by atomic mass is 10.2. The molecule has 62 valence electrons. The zero-order chi connectivity index (χ0) is 8.72. The van der Waals surface area contributed by atoms with Gasteiger partial charge in [-0.2, -0.15) is 0 Å². The second-order valence-electron chi connectivity index (χ2n) is 2.69. The Balaban J connectivity index is 3.03. The average Bonchev–Trinajstić information content (AvgIpc) is 2.41. The van der Waals surface area contributed by atoms with Gasteiger partial charge in [-0.3, -0.25) is 0 Å². The summed E-state index contributed by atoms with van der Waals surface area (Å²) in [6.45, 7) is 1.90. The normalized spacial score (nSPS) is 10.8. The second kappa shape index (κ2) is 2.42. The van der Waals surface area contributed by atoms with Crippen molar-refractivity contribution in [2.24, 2.45) is 0 Å². The molecule has 1 aromatic carbocycles. The van der Waals surface area contributed by atoms with Crippen molar-refractivity contribution in [2.45, 2.75) is 6.92 Å². The van der Waals surface area contributed by atoms with E-state index < -0.39 is 0 Å². The SMILES string of the molecule is Cc1ccc(F)c2[nH]c(=S)[nH]c12. The van der Waals surface area contributed by atoms with Crippen molar-refractivity contribution >= 4 is 23.3 Å². The molecule has 1 heterocycles. The fourth-order valence-electron chi connectivity index (χ4n) is 1.22. The summed E-state index contributed by atoms with van der Waals surface area (Å²) in [5.41, 5.74) is 2.19. The van der Waals surface area contributed by atoms with E-state index in [1.165, 1.54) is 6.07 Å². The number of aromatic nitrogens is 2. The van der Waals surface area contributed by atoms with Crippen molar-refractivity contribution in [3.63, 3.8) is 0 Å². The first-order valence-electron chi connectivity index (χ1n) is 3.55. The van der Waals surface area contributed by atoms with Crippen LogP contribution in [-0.4, -0.2) is 9.97 Å². The molecule has 2 rings (SSSR count). The number of rotatable bonds is 0. The van der Waals surface area contributed by atoms with E-state index in [2.05, 4.69) is 9.97 Å². The maximum Gasteiger partial charge on any atom is 0.175 e. The standard InChI is InChI=1S/C8H7FN2S/c1-4-2-3-5(9)7-6(4)10-8(12)11-7/h2-3H,1H3,(H2,10,11,12). The summed E-state index contributed by atoms with van der Waals surface area (Å²) < 4.78 is 13.5. The van der Waals surface area contributed by atoms with Gasteiger partial charge >= 0.3 is 0 Å². The second-order valence-corrected chi connectivity index (χ2v) is 3.10. The van der Waals surface area contributed by atoms with Crippen LogP contribution in [0.4, 0.5) is 4.39 Å². The van der Waals surface area contributed by atoms with Gasteiger partial charge in [-0.15, -0.1) is 0 Å². The molecule has 2 aromatic rings. The zero-order valence-corrected chi connectivity index (χ0v) is 7.26. The van der Waals surface area contributed by atoms with Crippen LogP contribution in [0.15, 0.2) is 12.1 Å². The summed E-state index contributed by atoms with van der Waals surface area (Å²) in [5.74, 6) is -0.275. The Morgan fingerprint density at radius 3 is 2.58 bits per heavy atom. The number of benzene rings is 1. The predicted molar refractivity (Wildman–Crippen MR) is 48.2 cm³/mol. The van der Waals surface area contributed by atoms with Crippen LogP contribution in [0.5, 0.6) is 0 Å². The first-order valence-corrected chi connectivity index (χ1v) is 3.96. The molecular formula is C8H7FN2S. The van der Waals surface area contributed by atoms with E-state index in [-0.39, 0.29) is 5.82 Å². The first-order chi connectivity index (χ1) is 5.68. The fraction of sp³-hybridized carbons (Fsp3) is 0.125. The summed E-state index contributed by atoms with van der Waals surface area (Å²) in [6.07, 6.45) is 0. The molecule has 0 aliphatic carbocycles. The molecule has 1 aromatic heterocycles. The van der Waals surface area contributed by atoms with Crippen molar-refractivity contribution in [3.05, 3.63) is 28.3 Å². The molecule has 0 saturated carbocycles. The Bertz CT molecular complexity index is 441. The molecule has 0 aliphatic heterocycles. The highest BCUT2D eigenvalue weighted by Gasteiger charge is 2.04. The van der Waals surface area contributed by atoms with Crippen LogP contribution in [0, 0.1) is 17.5 Å². The van der Waals surface area contributed by atoms with Crippen LogP contribution in [0.25, 0.3) is 11.0 Å². The van der Waals surface area contributed by atoms with Crippen molar-refractivity contribution in [2.75, 3.05) is 0 Å². The highest BCUT2D eigenvalue weighted by molar-refractivity contribution is 7.71. The molecule has 4 heteroatoms. The van der Waals surface area contributed by atoms with Gasteiger partial charge in [0.25, 0.3) is 0 Å². The lowest BCUT2D eigenvalue weighted by Crippen LogP contribution is -1.80. The minimum atomic E-state index is -0.275. The number of hydrogen-bond acceptors (Lipinski definition) is 1. The van der Waals surface area contributed by atoms with E-state index in [1.54, 1.807) is 6.07 Å². The van der Waals surface area contributed by atoms with Crippen molar-refractivity contribution in [3.8, 4) is 0 Å². The minimum Gasteiger partial charge on any atom is -0.330 e. The topological polar surface area (TPSA) is 31.6 Å². The predicted octanol–water partition coefficient (Wildman–Crippen LogP) is 2.67. The molecule has 0 atom stereocenters. The van der Waals surface area contributed by atoms with Crippen LogP contribution in [0.2, 0.25) is 0 Å². The zero-order valence-electron chi connectivity index (χ0n) is 6.44. The summed E-state index contributed by atoms with van der Waals surface area (Å²) >= 11 is 4.85. The maximum atomic E-state index is 13.1. The molecule has 0 spiro atoms. The number of nitrogens with one attached hydrogen (secondary N) is 2. The first kappa shape index (κ1) is 7.49. The van der Waals surface area contributed by atoms with Crippen LogP contribution in [-0.2, 0) is 0 Å².